The van der Waals surface area contributed by atoms with Crippen molar-refractivity contribution in [3.63, 3.8) is 0 Å². The predicted molar refractivity (Wildman–Crippen MR) is 72.7 cm³/mol. The molecule has 2 aromatic heterocycles. The number of aromatic amines is 1. The Balaban J connectivity index is 2.17. The Hall–Kier alpha value is -1.78. The van der Waals surface area contributed by atoms with Gasteiger partial charge in [0.1, 0.15) is 5.65 Å². The minimum atomic E-state index is -0.160. The summed E-state index contributed by atoms with van der Waals surface area (Å²) in [6.45, 7) is 2.00. The molecule has 3 rings (SSSR count). The van der Waals surface area contributed by atoms with E-state index >= 15 is 0 Å². The Kier molecular flexibility index (Phi) is 3.05. The summed E-state index contributed by atoms with van der Waals surface area (Å²) < 4.78 is 1.46. The zero-order chi connectivity index (χ0) is 13.4. The van der Waals surface area contributed by atoms with Crippen LogP contribution in [0.15, 0.2) is 11.0 Å². The number of fused-ring (bicyclic) bond motifs is 1. The fourth-order valence-electron chi connectivity index (χ4n) is 3.08. The summed E-state index contributed by atoms with van der Waals surface area (Å²) in [5.41, 5.74) is 1.91. The topological polar surface area (TPSA) is 70.4 Å². The van der Waals surface area contributed by atoms with Gasteiger partial charge in [0.25, 0.3) is 5.56 Å². The fraction of sp³-hybridized carbons (Fsp3) is 0.571. The van der Waals surface area contributed by atoms with Crippen LogP contribution in [0.2, 0.25) is 0 Å². The largest absolute Gasteiger partial charge is 0.493 e. The Morgan fingerprint density at radius 2 is 2.16 bits per heavy atom. The number of aromatic hydroxyl groups is 1. The van der Waals surface area contributed by atoms with Crippen molar-refractivity contribution in [1.82, 2.24) is 14.6 Å². The lowest BCUT2D eigenvalue weighted by Crippen LogP contribution is -2.20. The number of aromatic nitrogens is 3. The van der Waals surface area contributed by atoms with Crippen molar-refractivity contribution in [1.29, 1.82) is 0 Å². The molecule has 5 heteroatoms. The maximum atomic E-state index is 12.3. The average molecular weight is 261 g/mol. The van der Waals surface area contributed by atoms with Crippen molar-refractivity contribution in [2.45, 2.75) is 51.4 Å². The number of aryl methyl sites for hydroxylation is 1. The maximum absolute atomic E-state index is 12.3. The molecule has 0 unspecified atom stereocenters. The van der Waals surface area contributed by atoms with Gasteiger partial charge in [0.15, 0.2) is 0 Å². The van der Waals surface area contributed by atoms with Gasteiger partial charge < -0.3 is 10.1 Å². The summed E-state index contributed by atoms with van der Waals surface area (Å²) in [6, 6.07) is 0. The number of nitrogens with zero attached hydrogens (tertiary/aromatic N) is 2. The van der Waals surface area contributed by atoms with E-state index in [1.54, 1.807) is 6.20 Å². The second-order valence-corrected chi connectivity index (χ2v) is 5.31. The summed E-state index contributed by atoms with van der Waals surface area (Å²) in [5, 5.41) is 14.6. The van der Waals surface area contributed by atoms with Crippen molar-refractivity contribution < 1.29 is 5.11 Å². The minimum absolute atomic E-state index is 0.0188. The van der Waals surface area contributed by atoms with Crippen LogP contribution in [0.3, 0.4) is 0 Å². The van der Waals surface area contributed by atoms with Crippen LogP contribution in [0, 0.1) is 0 Å². The fourth-order valence-corrected chi connectivity index (χ4v) is 3.08. The van der Waals surface area contributed by atoms with Gasteiger partial charge in [-0.05, 0) is 25.2 Å². The van der Waals surface area contributed by atoms with Crippen LogP contribution in [0.4, 0.5) is 0 Å². The van der Waals surface area contributed by atoms with Crippen LogP contribution in [-0.4, -0.2) is 19.7 Å². The minimum Gasteiger partial charge on any atom is -0.493 e. The van der Waals surface area contributed by atoms with E-state index < -0.39 is 0 Å². The molecule has 0 atom stereocenters. The lowest BCUT2D eigenvalue weighted by molar-refractivity contribution is 0.390. The summed E-state index contributed by atoms with van der Waals surface area (Å²) in [4.78, 5) is 15.1. The molecule has 0 bridgehead atoms. The molecule has 1 fully saturated rings. The summed E-state index contributed by atoms with van der Waals surface area (Å²) in [5.74, 6) is 0.182. The maximum Gasteiger partial charge on any atom is 0.258 e. The van der Waals surface area contributed by atoms with E-state index in [4.69, 9.17) is 0 Å². The zero-order valence-corrected chi connectivity index (χ0v) is 11.1. The Morgan fingerprint density at radius 3 is 2.84 bits per heavy atom. The highest BCUT2D eigenvalue weighted by Gasteiger charge is 2.24. The highest BCUT2D eigenvalue weighted by molar-refractivity contribution is 5.50. The molecule has 0 saturated heterocycles. The molecule has 0 amide bonds. The molecule has 0 spiro atoms. The first-order valence-electron chi connectivity index (χ1n) is 7.04. The molecule has 2 aromatic rings. The molecular formula is C14H19N3O2. The van der Waals surface area contributed by atoms with Crippen LogP contribution in [0.25, 0.3) is 5.65 Å². The molecule has 1 aliphatic carbocycles. The van der Waals surface area contributed by atoms with Gasteiger partial charge in [-0.25, -0.2) is 0 Å². The van der Waals surface area contributed by atoms with Gasteiger partial charge in [-0.15, -0.1) is 0 Å². The molecule has 2 heterocycles. The number of hydrogen-bond donors (Lipinski definition) is 2. The van der Waals surface area contributed by atoms with E-state index in [-0.39, 0.29) is 17.4 Å². The molecule has 5 nitrogen and oxygen atoms in total. The number of rotatable bonds is 2. The first-order chi connectivity index (χ1) is 9.22. The normalized spacial score (nSPS) is 17.1. The van der Waals surface area contributed by atoms with E-state index in [0.29, 0.717) is 11.2 Å². The third kappa shape index (κ3) is 1.93. The van der Waals surface area contributed by atoms with Gasteiger partial charge in [-0.3, -0.25) is 4.79 Å². The third-order valence-corrected chi connectivity index (χ3v) is 4.16. The highest BCUT2D eigenvalue weighted by Crippen LogP contribution is 2.34. The lowest BCUT2D eigenvalue weighted by Gasteiger charge is -2.21. The summed E-state index contributed by atoms with van der Waals surface area (Å²) in [6.07, 6.45) is 7.91. The van der Waals surface area contributed by atoms with Crippen LogP contribution < -0.4 is 5.56 Å². The van der Waals surface area contributed by atoms with Gasteiger partial charge in [-0.2, -0.15) is 9.61 Å². The predicted octanol–water partition coefficient (Wildman–Crippen LogP) is 2.34. The van der Waals surface area contributed by atoms with Crippen molar-refractivity contribution in [3.8, 4) is 5.88 Å². The van der Waals surface area contributed by atoms with E-state index in [2.05, 4.69) is 10.1 Å². The van der Waals surface area contributed by atoms with E-state index in [9.17, 15) is 9.90 Å². The highest BCUT2D eigenvalue weighted by atomic mass is 16.3. The SMILES string of the molecule is CCc1cnn2c(O)c(C3CCCCC3)c(=O)[nH]c12. The quantitative estimate of drug-likeness (QED) is 0.871. The van der Waals surface area contributed by atoms with Gasteiger partial charge in [0.2, 0.25) is 5.88 Å². The molecule has 1 aliphatic rings. The standard InChI is InChI=1S/C14H19N3O2/c1-2-9-8-15-17-12(9)16-13(18)11(14(17)19)10-6-4-3-5-7-10/h8,10,19H,2-7H2,1H3,(H,16,18). The Labute approximate surface area is 111 Å². The van der Waals surface area contributed by atoms with Crippen molar-refractivity contribution in [2.24, 2.45) is 0 Å². The summed E-state index contributed by atoms with van der Waals surface area (Å²) >= 11 is 0. The molecule has 1 saturated carbocycles. The van der Waals surface area contributed by atoms with Gasteiger partial charge in [0, 0.05) is 5.56 Å². The average Bonchev–Trinajstić information content (AvgIpc) is 2.83. The van der Waals surface area contributed by atoms with Crippen molar-refractivity contribution in [2.75, 3.05) is 0 Å². The molecule has 102 valence electrons. The van der Waals surface area contributed by atoms with E-state index in [1.807, 2.05) is 6.92 Å². The first kappa shape index (κ1) is 12.3. The van der Waals surface area contributed by atoms with Crippen LogP contribution in [0.5, 0.6) is 5.88 Å². The van der Waals surface area contributed by atoms with Crippen LogP contribution in [-0.2, 0) is 6.42 Å². The van der Waals surface area contributed by atoms with Crippen molar-refractivity contribution >= 4 is 5.65 Å². The molecule has 0 aromatic carbocycles. The van der Waals surface area contributed by atoms with Crippen molar-refractivity contribution in [3.05, 3.63) is 27.7 Å². The van der Waals surface area contributed by atoms with E-state index in [1.165, 1.54) is 10.9 Å². The molecule has 0 aliphatic heterocycles. The van der Waals surface area contributed by atoms with Gasteiger partial charge in [0.05, 0.1) is 11.8 Å². The number of hydrogen-bond acceptors (Lipinski definition) is 3. The number of nitrogens with one attached hydrogen (secondary N) is 1. The molecule has 19 heavy (non-hydrogen) atoms. The van der Waals surface area contributed by atoms with E-state index in [0.717, 1.165) is 37.7 Å². The van der Waals surface area contributed by atoms with Gasteiger partial charge >= 0.3 is 0 Å². The second-order valence-electron chi connectivity index (χ2n) is 5.31. The van der Waals surface area contributed by atoms with Crippen LogP contribution >= 0.6 is 0 Å². The zero-order valence-electron chi connectivity index (χ0n) is 11.1. The molecular weight excluding hydrogens is 242 g/mol. The van der Waals surface area contributed by atoms with Gasteiger partial charge in [-0.1, -0.05) is 26.2 Å². The Morgan fingerprint density at radius 1 is 1.42 bits per heavy atom. The second kappa shape index (κ2) is 4.72. The molecule has 0 radical (unpaired) electrons. The number of H-pyrrole nitrogens is 1. The Bertz CT molecular complexity index is 650. The lowest BCUT2D eigenvalue weighted by atomic mass is 9.85. The molecule has 2 N–H and O–H groups in total. The van der Waals surface area contributed by atoms with Crippen LogP contribution in [0.1, 0.15) is 56.1 Å². The first-order valence-corrected chi connectivity index (χ1v) is 7.04. The summed E-state index contributed by atoms with van der Waals surface area (Å²) in [7, 11) is 0. The monoisotopic (exact) mass is 261 g/mol. The smallest absolute Gasteiger partial charge is 0.258 e. The third-order valence-electron chi connectivity index (χ3n) is 4.16.